The summed E-state index contributed by atoms with van der Waals surface area (Å²) < 4.78 is 6.77. The van der Waals surface area contributed by atoms with E-state index in [1.807, 2.05) is 41.9 Å². The third kappa shape index (κ3) is 3.40. The first-order chi connectivity index (χ1) is 13.5. The van der Waals surface area contributed by atoms with Gasteiger partial charge in [0.1, 0.15) is 10.9 Å². The molecule has 1 aromatic carbocycles. The number of aromatic nitrogens is 2. The highest BCUT2D eigenvalue weighted by Crippen LogP contribution is 2.31. The number of carbonyl (C=O) groups excluding carboxylic acids is 2. The summed E-state index contributed by atoms with van der Waals surface area (Å²) in [7, 11) is 1.36. The van der Waals surface area contributed by atoms with Crippen LogP contribution in [-0.4, -0.2) is 46.3 Å². The van der Waals surface area contributed by atoms with Gasteiger partial charge in [-0.3, -0.25) is 9.48 Å². The number of nitrogens with zero attached hydrogens (tertiary/aromatic N) is 3. The van der Waals surface area contributed by atoms with Gasteiger partial charge in [0.05, 0.1) is 24.2 Å². The predicted molar refractivity (Wildman–Crippen MR) is 109 cm³/mol. The average molecular weight is 418 g/mol. The van der Waals surface area contributed by atoms with E-state index in [1.165, 1.54) is 18.4 Å². The van der Waals surface area contributed by atoms with Gasteiger partial charge in [0.2, 0.25) is 0 Å². The summed E-state index contributed by atoms with van der Waals surface area (Å²) in [4.78, 5) is 28.2. The molecule has 8 heteroatoms. The topological polar surface area (TPSA) is 64.4 Å². The van der Waals surface area contributed by atoms with Gasteiger partial charge in [0, 0.05) is 17.0 Å². The number of carbonyl (C=O) groups is 2. The summed E-state index contributed by atoms with van der Waals surface area (Å²) in [5.74, 6) is -0.469. The summed E-state index contributed by atoms with van der Waals surface area (Å²) in [5.41, 5.74) is 1.96. The number of halogens is 1. The summed E-state index contributed by atoms with van der Waals surface area (Å²) in [6.07, 6.45) is 1.45. The maximum atomic E-state index is 13.0. The van der Waals surface area contributed by atoms with Crippen molar-refractivity contribution in [3.63, 3.8) is 0 Å². The molecule has 4 rings (SSSR count). The molecule has 3 aromatic rings. The molecular formula is C20H20ClN3O3S. The molecule has 3 heterocycles. The largest absolute Gasteiger partial charge is 0.467 e. The quantitative estimate of drug-likeness (QED) is 0.604. The number of esters is 1. The molecule has 0 saturated carbocycles. The highest BCUT2D eigenvalue weighted by atomic mass is 35.5. The van der Waals surface area contributed by atoms with Gasteiger partial charge in [-0.2, -0.15) is 5.10 Å². The zero-order chi connectivity index (χ0) is 19.8. The third-order valence-corrected chi connectivity index (χ3v) is 6.44. The molecule has 0 radical (unpaired) electrons. The predicted octanol–water partition coefficient (Wildman–Crippen LogP) is 3.89. The normalized spacial score (nSPS) is 16.7. The molecule has 1 unspecified atom stereocenters. The van der Waals surface area contributed by atoms with E-state index in [-0.39, 0.29) is 11.9 Å². The van der Waals surface area contributed by atoms with E-state index in [1.54, 1.807) is 4.90 Å². The Balaban J connectivity index is 1.63. The second-order valence-electron chi connectivity index (χ2n) is 6.88. The van der Waals surface area contributed by atoms with Crippen LogP contribution in [0.15, 0.2) is 30.3 Å². The molecule has 2 aromatic heterocycles. The van der Waals surface area contributed by atoms with E-state index in [4.69, 9.17) is 16.3 Å². The number of amides is 1. The number of ether oxygens (including phenoxy) is 1. The molecule has 1 atom stereocenters. The van der Waals surface area contributed by atoms with Crippen molar-refractivity contribution < 1.29 is 14.3 Å². The van der Waals surface area contributed by atoms with Crippen molar-refractivity contribution in [3.05, 3.63) is 51.5 Å². The van der Waals surface area contributed by atoms with Crippen LogP contribution in [0.2, 0.25) is 5.02 Å². The number of thiophene rings is 1. The Kier molecular flexibility index (Phi) is 5.12. The first kappa shape index (κ1) is 19.0. The summed E-state index contributed by atoms with van der Waals surface area (Å²) >= 11 is 7.38. The maximum Gasteiger partial charge on any atom is 0.328 e. The molecular weight excluding hydrogens is 398 g/mol. The number of aryl methyl sites for hydroxylation is 1. The lowest BCUT2D eigenvalue weighted by Gasteiger charge is -2.21. The minimum absolute atomic E-state index is 0.119. The van der Waals surface area contributed by atoms with E-state index in [0.29, 0.717) is 29.4 Å². The van der Waals surface area contributed by atoms with Gasteiger partial charge in [-0.15, -0.1) is 11.3 Å². The second kappa shape index (κ2) is 7.56. The van der Waals surface area contributed by atoms with Crippen molar-refractivity contribution in [1.29, 1.82) is 0 Å². The highest BCUT2D eigenvalue weighted by molar-refractivity contribution is 7.20. The van der Waals surface area contributed by atoms with Gasteiger partial charge in [0.25, 0.3) is 5.91 Å². The maximum absolute atomic E-state index is 13.0. The molecule has 1 aliphatic heterocycles. The van der Waals surface area contributed by atoms with E-state index in [2.05, 4.69) is 5.10 Å². The van der Waals surface area contributed by atoms with Crippen LogP contribution < -0.4 is 0 Å². The average Bonchev–Trinajstić information content (AvgIpc) is 3.40. The van der Waals surface area contributed by atoms with Gasteiger partial charge in [0.15, 0.2) is 0 Å². The van der Waals surface area contributed by atoms with Gasteiger partial charge >= 0.3 is 5.97 Å². The Morgan fingerprint density at radius 3 is 2.79 bits per heavy atom. The molecule has 1 aliphatic rings. The smallest absolute Gasteiger partial charge is 0.328 e. The first-order valence-corrected chi connectivity index (χ1v) is 10.3. The van der Waals surface area contributed by atoms with E-state index in [0.717, 1.165) is 27.9 Å². The van der Waals surface area contributed by atoms with Crippen molar-refractivity contribution in [2.45, 2.75) is 32.4 Å². The zero-order valence-corrected chi connectivity index (χ0v) is 17.2. The zero-order valence-electron chi connectivity index (χ0n) is 15.6. The Morgan fingerprint density at radius 2 is 2.07 bits per heavy atom. The van der Waals surface area contributed by atoms with Crippen LogP contribution >= 0.6 is 22.9 Å². The Bertz CT molecular complexity index is 1040. The molecule has 0 N–H and O–H groups in total. The number of hydrogen-bond donors (Lipinski definition) is 0. The van der Waals surface area contributed by atoms with Gasteiger partial charge in [-0.25, -0.2) is 4.79 Å². The lowest BCUT2D eigenvalue weighted by molar-refractivity contribution is -0.145. The highest BCUT2D eigenvalue weighted by Gasteiger charge is 2.36. The number of methoxy groups -OCH3 is 1. The molecule has 0 spiro atoms. The minimum Gasteiger partial charge on any atom is -0.467 e. The number of rotatable bonds is 4. The van der Waals surface area contributed by atoms with Gasteiger partial charge in [-0.1, -0.05) is 23.7 Å². The monoisotopic (exact) mass is 417 g/mol. The molecule has 146 valence electrons. The van der Waals surface area contributed by atoms with Crippen molar-refractivity contribution in [1.82, 2.24) is 14.7 Å². The minimum atomic E-state index is -0.491. The summed E-state index contributed by atoms with van der Waals surface area (Å²) in [6, 6.07) is 9.04. The van der Waals surface area contributed by atoms with Gasteiger partial charge < -0.3 is 9.64 Å². The molecule has 1 amide bonds. The fraction of sp³-hybridized carbons (Fsp3) is 0.350. The third-order valence-electron chi connectivity index (χ3n) is 5.05. The van der Waals surface area contributed by atoms with Crippen molar-refractivity contribution in [3.8, 4) is 0 Å². The van der Waals surface area contributed by atoms with Crippen LogP contribution in [0.4, 0.5) is 0 Å². The first-order valence-electron chi connectivity index (χ1n) is 9.08. The fourth-order valence-electron chi connectivity index (χ4n) is 3.62. The molecule has 0 bridgehead atoms. The van der Waals surface area contributed by atoms with Crippen molar-refractivity contribution in [2.75, 3.05) is 13.7 Å². The van der Waals surface area contributed by atoms with Crippen LogP contribution in [0, 0.1) is 6.92 Å². The molecule has 6 nitrogen and oxygen atoms in total. The summed E-state index contributed by atoms with van der Waals surface area (Å²) in [6.45, 7) is 3.11. The lowest BCUT2D eigenvalue weighted by atomic mass is 10.2. The fourth-order valence-corrected chi connectivity index (χ4v) is 4.86. The van der Waals surface area contributed by atoms with Crippen LogP contribution in [0.3, 0.4) is 0 Å². The molecule has 1 fully saturated rings. The number of fused-ring (bicyclic) bond motifs is 1. The number of likely N-dealkylation sites (tertiary alicyclic amines) is 1. The van der Waals surface area contributed by atoms with Crippen LogP contribution in [-0.2, 0) is 16.1 Å². The summed E-state index contributed by atoms with van der Waals surface area (Å²) in [5, 5.41) is 6.28. The SMILES string of the molecule is COC(=O)C1CCCN1C(=O)c1cc2c(C)nn(Cc3ccc(Cl)cc3)c2s1. The Hall–Kier alpha value is -2.38. The van der Waals surface area contributed by atoms with E-state index < -0.39 is 6.04 Å². The second-order valence-corrected chi connectivity index (χ2v) is 8.35. The van der Waals surface area contributed by atoms with Crippen LogP contribution in [0.25, 0.3) is 10.2 Å². The molecule has 0 aliphatic carbocycles. The lowest BCUT2D eigenvalue weighted by Crippen LogP contribution is -2.40. The Morgan fingerprint density at radius 1 is 1.32 bits per heavy atom. The molecule has 1 saturated heterocycles. The number of benzene rings is 1. The standard InChI is InChI=1S/C20H20ClN3O3S/c1-12-15-10-17(18(25)23-9-3-4-16(23)20(26)27-2)28-19(15)24(22-12)11-13-5-7-14(21)8-6-13/h5-8,10,16H,3-4,9,11H2,1-2H3. The van der Waals surface area contributed by atoms with E-state index in [9.17, 15) is 9.59 Å². The van der Waals surface area contributed by atoms with Crippen LogP contribution in [0.1, 0.15) is 33.8 Å². The van der Waals surface area contributed by atoms with E-state index >= 15 is 0 Å². The number of hydrogen-bond acceptors (Lipinski definition) is 5. The Labute approximate surface area is 171 Å². The van der Waals surface area contributed by atoms with Crippen molar-refractivity contribution in [2.24, 2.45) is 0 Å². The van der Waals surface area contributed by atoms with Gasteiger partial charge in [-0.05, 0) is 43.5 Å². The van der Waals surface area contributed by atoms with Crippen molar-refractivity contribution >= 4 is 45.0 Å². The molecule has 28 heavy (non-hydrogen) atoms. The van der Waals surface area contributed by atoms with Crippen LogP contribution in [0.5, 0.6) is 0 Å².